The van der Waals surface area contributed by atoms with E-state index in [2.05, 4.69) is 11.1 Å². The normalized spacial score (nSPS) is 13.7. The van der Waals surface area contributed by atoms with Gasteiger partial charge in [-0.1, -0.05) is 13.8 Å². The largest absolute Gasteiger partial charge is 0.326 e. The van der Waals surface area contributed by atoms with Gasteiger partial charge in [0.05, 0.1) is 11.6 Å². The van der Waals surface area contributed by atoms with Gasteiger partial charge in [0.15, 0.2) is 5.78 Å². The molecule has 0 amide bonds. The first-order chi connectivity index (χ1) is 12.3. The van der Waals surface area contributed by atoms with Crippen molar-refractivity contribution >= 4 is 5.78 Å². The standard InChI is InChI=1S/C22H24N2O2/c1-12(2)19-20(18(10-15-5-6-15)14(4)24-22(19)26)21(25)17-8-13(3)7-16(9-17)11-23/h7-9,12,15H,5-6,10H2,1-4H3,(H,24,26). The molecule has 0 unspecified atom stereocenters. The third-order valence-corrected chi connectivity index (χ3v) is 5.03. The number of nitrogens with zero attached hydrogens (tertiary/aromatic N) is 1. The fourth-order valence-corrected chi connectivity index (χ4v) is 3.58. The summed E-state index contributed by atoms with van der Waals surface area (Å²) in [6, 6.07) is 7.29. The molecule has 3 rings (SSSR count). The number of aryl methyl sites for hydroxylation is 2. The van der Waals surface area contributed by atoms with E-state index in [0.717, 1.165) is 23.2 Å². The Morgan fingerprint density at radius 1 is 1.27 bits per heavy atom. The van der Waals surface area contributed by atoms with E-state index in [1.165, 1.54) is 12.8 Å². The number of nitriles is 1. The van der Waals surface area contributed by atoms with E-state index in [0.29, 0.717) is 28.2 Å². The Bertz CT molecular complexity index is 973. The number of hydrogen-bond donors (Lipinski definition) is 1. The summed E-state index contributed by atoms with van der Waals surface area (Å²) in [6.45, 7) is 7.62. The maximum atomic E-state index is 13.5. The molecule has 2 aromatic rings. The number of hydrogen-bond acceptors (Lipinski definition) is 3. The van der Waals surface area contributed by atoms with Crippen molar-refractivity contribution in [3.8, 4) is 6.07 Å². The number of carbonyl (C=O) groups excluding carboxylic acids is 1. The molecule has 134 valence electrons. The number of pyridine rings is 1. The minimum absolute atomic E-state index is 0.0588. The number of aromatic amines is 1. The number of benzene rings is 1. The lowest BCUT2D eigenvalue weighted by atomic mass is 9.86. The lowest BCUT2D eigenvalue weighted by Crippen LogP contribution is -2.24. The van der Waals surface area contributed by atoms with Gasteiger partial charge < -0.3 is 4.98 Å². The molecule has 0 atom stereocenters. The lowest BCUT2D eigenvalue weighted by molar-refractivity contribution is 0.103. The van der Waals surface area contributed by atoms with Crippen LogP contribution in [-0.4, -0.2) is 10.8 Å². The SMILES string of the molecule is Cc1cc(C#N)cc(C(=O)c2c(CC3CC3)c(C)[nH]c(=O)c2C(C)C)c1. The van der Waals surface area contributed by atoms with Gasteiger partial charge in [-0.2, -0.15) is 5.26 Å². The van der Waals surface area contributed by atoms with E-state index in [1.54, 1.807) is 18.2 Å². The third kappa shape index (κ3) is 3.48. The van der Waals surface area contributed by atoms with Crippen LogP contribution in [0.1, 0.15) is 76.5 Å². The van der Waals surface area contributed by atoms with Crippen LogP contribution in [0.25, 0.3) is 0 Å². The molecule has 0 bridgehead atoms. The summed E-state index contributed by atoms with van der Waals surface area (Å²) in [7, 11) is 0. The molecule has 1 aromatic carbocycles. The van der Waals surface area contributed by atoms with Gasteiger partial charge >= 0.3 is 0 Å². The van der Waals surface area contributed by atoms with Crippen LogP contribution in [0, 0.1) is 31.1 Å². The second kappa shape index (κ2) is 6.92. The van der Waals surface area contributed by atoms with Crippen LogP contribution < -0.4 is 5.56 Å². The molecule has 0 aliphatic heterocycles. The number of nitrogens with one attached hydrogen (secondary N) is 1. The highest BCUT2D eigenvalue weighted by Gasteiger charge is 2.29. The average molecular weight is 348 g/mol. The Morgan fingerprint density at radius 2 is 1.96 bits per heavy atom. The zero-order valence-corrected chi connectivity index (χ0v) is 15.8. The van der Waals surface area contributed by atoms with Crippen LogP contribution in [0.3, 0.4) is 0 Å². The number of carbonyl (C=O) groups is 1. The topological polar surface area (TPSA) is 73.7 Å². The van der Waals surface area contributed by atoms with Gasteiger partial charge in [-0.3, -0.25) is 9.59 Å². The molecular weight excluding hydrogens is 324 g/mol. The first-order valence-electron chi connectivity index (χ1n) is 9.14. The van der Waals surface area contributed by atoms with Gasteiger partial charge in [0, 0.05) is 22.4 Å². The molecule has 1 heterocycles. The van der Waals surface area contributed by atoms with E-state index in [9.17, 15) is 14.9 Å². The highest BCUT2D eigenvalue weighted by molar-refractivity contribution is 6.11. The van der Waals surface area contributed by atoms with Crippen molar-refractivity contribution in [3.63, 3.8) is 0 Å². The predicted molar refractivity (Wildman–Crippen MR) is 102 cm³/mol. The fraction of sp³-hybridized carbons (Fsp3) is 0.409. The molecule has 0 saturated heterocycles. The zero-order chi connectivity index (χ0) is 19.0. The Hall–Kier alpha value is -2.67. The van der Waals surface area contributed by atoms with Gasteiger partial charge in [-0.25, -0.2) is 0 Å². The highest BCUT2D eigenvalue weighted by atomic mass is 16.1. The molecule has 1 saturated carbocycles. The molecule has 0 radical (unpaired) electrons. The maximum absolute atomic E-state index is 13.5. The lowest BCUT2D eigenvalue weighted by Gasteiger charge is -2.18. The molecule has 1 aromatic heterocycles. The van der Waals surface area contributed by atoms with E-state index in [4.69, 9.17) is 0 Å². The smallest absolute Gasteiger partial charge is 0.252 e. The van der Waals surface area contributed by atoms with Crippen molar-refractivity contribution in [3.05, 3.63) is 67.6 Å². The number of H-pyrrole nitrogens is 1. The summed E-state index contributed by atoms with van der Waals surface area (Å²) >= 11 is 0. The van der Waals surface area contributed by atoms with Gasteiger partial charge in [-0.15, -0.1) is 0 Å². The van der Waals surface area contributed by atoms with E-state index < -0.39 is 0 Å². The summed E-state index contributed by atoms with van der Waals surface area (Å²) in [5, 5.41) is 9.24. The minimum Gasteiger partial charge on any atom is -0.326 e. The Morgan fingerprint density at radius 3 is 2.54 bits per heavy atom. The van der Waals surface area contributed by atoms with E-state index in [-0.39, 0.29) is 17.3 Å². The van der Waals surface area contributed by atoms with Crippen LogP contribution >= 0.6 is 0 Å². The Balaban J connectivity index is 2.24. The monoisotopic (exact) mass is 348 g/mol. The maximum Gasteiger partial charge on any atom is 0.252 e. The van der Waals surface area contributed by atoms with Crippen LogP contribution in [-0.2, 0) is 6.42 Å². The van der Waals surface area contributed by atoms with Crippen molar-refractivity contribution in [2.75, 3.05) is 0 Å². The second-order valence-corrected chi connectivity index (χ2v) is 7.68. The second-order valence-electron chi connectivity index (χ2n) is 7.68. The average Bonchev–Trinajstić information content (AvgIpc) is 3.39. The van der Waals surface area contributed by atoms with Crippen molar-refractivity contribution < 1.29 is 4.79 Å². The predicted octanol–water partition coefficient (Wildman–Crippen LogP) is 4.17. The molecule has 0 spiro atoms. The fourth-order valence-electron chi connectivity index (χ4n) is 3.58. The van der Waals surface area contributed by atoms with Gasteiger partial charge in [-0.05, 0) is 74.3 Å². The Labute approximate surface area is 153 Å². The van der Waals surface area contributed by atoms with E-state index in [1.807, 2.05) is 27.7 Å². The molecular formula is C22H24N2O2. The summed E-state index contributed by atoms with van der Waals surface area (Å²) in [5.41, 5.74) is 4.45. The van der Waals surface area contributed by atoms with Crippen molar-refractivity contribution in [1.82, 2.24) is 4.98 Å². The first-order valence-corrected chi connectivity index (χ1v) is 9.14. The van der Waals surface area contributed by atoms with Crippen molar-refractivity contribution in [2.45, 2.75) is 52.9 Å². The number of rotatable bonds is 5. The summed E-state index contributed by atoms with van der Waals surface area (Å²) < 4.78 is 0. The van der Waals surface area contributed by atoms with Crippen LogP contribution in [0.4, 0.5) is 0 Å². The summed E-state index contributed by atoms with van der Waals surface area (Å²) in [4.78, 5) is 29.0. The quantitative estimate of drug-likeness (QED) is 0.824. The van der Waals surface area contributed by atoms with Crippen LogP contribution in [0.15, 0.2) is 23.0 Å². The number of ketones is 1. The summed E-state index contributed by atoms with van der Waals surface area (Å²) in [5.74, 6) is 0.383. The van der Waals surface area contributed by atoms with Crippen molar-refractivity contribution in [2.24, 2.45) is 5.92 Å². The van der Waals surface area contributed by atoms with E-state index >= 15 is 0 Å². The van der Waals surface area contributed by atoms with Crippen LogP contribution in [0.2, 0.25) is 0 Å². The van der Waals surface area contributed by atoms with Gasteiger partial charge in [0.25, 0.3) is 5.56 Å². The molecule has 1 fully saturated rings. The molecule has 4 nitrogen and oxygen atoms in total. The molecule has 1 aliphatic carbocycles. The van der Waals surface area contributed by atoms with Crippen molar-refractivity contribution in [1.29, 1.82) is 5.26 Å². The first kappa shape index (κ1) is 18.1. The highest BCUT2D eigenvalue weighted by Crippen LogP contribution is 2.35. The van der Waals surface area contributed by atoms with Crippen LogP contribution in [0.5, 0.6) is 0 Å². The molecule has 4 heteroatoms. The minimum atomic E-state index is -0.187. The third-order valence-electron chi connectivity index (χ3n) is 5.03. The molecule has 26 heavy (non-hydrogen) atoms. The summed E-state index contributed by atoms with van der Waals surface area (Å²) in [6.07, 6.45) is 3.17. The zero-order valence-electron chi connectivity index (χ0n) is 15.8. The Kier molecular flexibility index (Phi) is 4.82. The number of aromatic nitrogens is 1. The van der Waals surface area contributed by atoms with Gasteiger partial charge in [0.2, 0.25) is 0 Å². The molecule has 1 aliphatic rings. The van der Waals surface area contributed by atoms with Gasteiger partial charge in [0.1, 0.15) is 0 Å². The molecule has 1 N–H and O–H groups in total.